The summed E-state index contributed by atoms with van der Waals surface area (Å²) in [6.07, 6.45) is 0. The number of hydrogen-bond acceptors (Lipinski definition) is 2. The van der Waals surface area contributed by atoms with Crippen LogP contribution in [0.5, 0.6) is 0 Å². The molecule has 0 aliphatic heterocycles. The molecule has 20 heavy (non-hydrogen) atoms. The molecule has 0 saturated heterocycles. The molecular weight excluding hydrogens is 290 g/mol. The molecule has 1 aromatic heterocycles. The minimum Gasteiger partial charge on any atom is -0.268 e. The van der Waals surface area contributed by atoms with Crippen LogP contribution in [0.1, 0.15) is 5.56 Å². The van der Waals surface area contributed by atoms with Crippen molar-refractivity contribution in [2.45, 2.75) is 6.92 Å². The topological polar surface area (TPSA) is 33.6 Å². The Morgan fingerprint density at radius 2 is 1.90 bits per heavy atom. The number of aromatic nitrogens is 3. The van der Waals surface area contributed by atoms with Crippen LogP contribution in [0.4, 0.5) is 0 Å². The molecule has 3 nitrogen and oxygen atoms in total. The molecular formula is C15H12ClN3S. The van der Waals surface area contributed by atoms with Crippen molar-refractivity contribution in [2.24, 2.45) is 0 Å². The van der Waals surface area contributed by atoms with E-state index in [1.54, 1.807) is 0 Å². The normalized spacial score (nSPS) is 10.7. The first kappa shape index (κ1) is 13.1. The predicted octanol–water partition coefficient (Wildman–Crippen LogP) is 4.56. The predicted molar refractivity (Wildman–Crippen MR) is 83.9 cm³/mol. The maximum atomic E-state index is 6.20. The maximum absolute atomic E-state index is 6.20. The molecule has 0 aliphatic rings. The highest BCUT2D eigenvalue weighted by Crippen LogP contribution is 2.26. The molecule has 0 fully saturated rings. The van der Waals surface area contributed by atoms with E-state index in [0.717, 1.165) is 27.7 Å². The quantitative estimate of drug-likeness (QED) is 0.704. The summed E-state index contributed by atoms with van der Waals surface area (Å²) >= 11 is 11.5. The third-order valence-corrected chi connectivity index (χ3v) is 3.80. The van der Waals surface area contributed by atoms with Crippen LogP contribution < -0.4 is 0 Å². The van der Waals surface area contributed by atoms with Gasteiger partial charge in [-0.1, -0.05) is 41.9 Å². The zero-order valence-electron chi connectivity index (χ0n) is 10.8. The Hall–Kier alpha value is -1.91. The summed E-state index contributed by atoms with van der Waals surface area (Å²) in [4.78, 5) is 0. The number of halogens is 1. The lowest BCUT2D eigenvalue weighted by Gasteiger charge is -2.07. The summed E-state index contributed by atoms with van der Waals surface area (Å²) in [6, 6.07) is 15.8. The Bertz CT molecular complexity index is 805. The van der Waals surface area contributed by atoms with E-state index >= 15 is 0 Å². The fourth-order valence-corrected chi connectivity index (χ4v) is 2.46. The molecule has 3 aromatic rings. The van der Waals surface area contributed by atoms with Crippen LogP contribution in [-0.4, -0.2) is 14.8 Å². The number of rotatable bonds is 2. The van der Waals surface area contributed by atoms with Crippen LogP contribution in [0.25, 0.3) is 17.1 Å². The minimum absolute atomic E-state index is 0.558. The molecule has 0 bridgehead atoms. The molecule has 100 valence electrons. The standard InChI is InChI=1S/C15H12ClN3S/c1-10-7-8-11(9-13(10)16)14-17-18-15(20)19(14)12-5-3-2-4-6-12/h2-9H,1H3,(H,18,20). The average molecular weight is 302 g/mol. The van der Waals surface area contributed by atoms with Crippen molar-refractivity contribution in [3.63, 3.8) is 0 Å². The van der Waals surface area contributed by atoms with E-state index in [4.69, 9.17) is 23.8 Å². The van der Waals surface area contributed by atoms with Crippen LogP contribution in [0.3, 0.4) is 0 Å². The lowest BCUT2D eigenvalue weighted by molar-refractivity contribution is 1.04. The molecule has 0 saturated carbocycles. The number of aryl methyl sites for hydroxylation is 1. The monoisotopic (exact) mass is 301 g/mol. The molecule has 0 unspecified atom stereocenters. The van der Waals surface area contributed by atoms with E-state index in [0.29, 0.717) is 4.77 Å². The number of hydrogen-bond donors (Lipinski definition) is 1. The van der Waals surface area contributed by atoms with Crippen molar-refractivity contribution in [3.05, 3.63) is 63.9 Å². The molecule has 0 spiro atoms. The molecule has 0 radical (unpaired) electrons. The zero-order chi connectivity index (χ0) is 14.1. The summed E-state index contributed by atoms with van der Waals surface area (Å²) in [5, 5.41) is 7.88. The average Bonchev–Trinajstić information content (AvgIpc) is 2.85. The van der Waals surface area contributed by atoms with Gasteiger partial charge in [-0.3, -0.25) is 9.67 Å². The summed E-state index contributed by atoms with van der Waals surface area (Å²) < 4.78 is 2.46. The first-order valence-corrected chi connectivity index (χ1v) is 6.95. The highest BCUT2D eigenvalue weighted by molar-refractivity contribution is 7.71. The fourth-order valence-electron chi connectivity index (χ4n) is 2.04. The van der Waals surface area contributed by atoms with Gasteiger partial charge in [0.15, 0.2) is 10.6 Å². The second kappa shape index (κ2) is 5.23. The van der Waals surface area contributed by atoms with E-state index < -0.39 is 0 Å². The molecule has 0 aliphatic carbocycles. The van der Waals surface area contributed by atoms with Gasteiger partial charge < -0.3 is 0 Å². The molecule has 0 amide bonds. The highest BCUT2D eigenvalue weighted by Gasteiger charge is 2.11. The van der Waals surface area contributed by atoms with Gasteiger partial charge >= 0.3 is 0 Å². The smallest absolute Gasteiger partial charge is 0.200 e. The maximum Gasteiger partial charge on any atom is 0.200 e. The Kier molecular flexibility index (Phi) is 3.42. The second-order valence-corrected chi connectivity index (χ2v) is 5.28. The van der Waals surface area contributed by atoms with Crippen LogP contribution in [0.15, 0.2) is 48.5 Å². The van der Waals surface area contributed by atoms with Crippen molar-refractivity contribution in [2.75, 3.05) is 0 Å². The summed E-state index contributed by atoms with van der Waals surface area (Å²) in [6.45, 7) is 1.97. The van der Waals surface area contributed by atoms with Gasteiger partial charge in [0.2, 0.25) is 0 Å². The summed E-state index contributed by atoms with van der Waals surface area (Å²) in [7, 11) is 0. The minimum atomic E-state index is 0.558. The number of benzene rings is 2. The van der Waals surface area contributed by atoms with Crippen molar-refractivity contribution in [3.8, 4) is 17.1 Å². The van der Waals surface area contributed by atoms with Gasteiger partial charge in [0, 0.05) is 16.3 Å². The summed E-state index contributed by atoms with van der Waals surface area (Å²) in [5.41, 5.74) is 2.94. The first-order valence-electron chi connectivity index (χ1n) is 6.16. The van der Waals surface area contributed by atoms with Gasteiger partial charge in [-0.2, -0.15) is 5.10 Å². The molecule has 1 N–H and O–H groups in total. The van der Waals surface area contributed by atoms with E-state index in [-0.39, 0.29) is 0 Å². The molecule has 5 heteroatoms. The van der Waals surface area contributed by atoms with Crippen LogP contribution in [0, 0.1) is 11.7 Å². The van der Waals surface area contributed by atoms with Crippen LogP contribution >= 0.6 is 23.8 Å². The molecule has 2 aromatic carbocycles. The summed E-state index contributed by atoms with van der Waals surface area (Å²) in [5.74, 6) is 0.753. The van der Waals surface area contributed by atoms with E-state index in [1.807, 2.05) is 60.0 Å². The van der Waals surface area contributed by atoms with Gasteiger partial charge in [0.25, 0.3) is 0 Å². The third kappa shape index (κ3) is 2.28. The Morgan fingerprint density at radius 3 is 2.60 bits per heavy atom. The number of para-hydroxylation sites is 1. The van der Waals surface area contributed by atoms with Crippen LogP contribution in [0.2, 0.25) is 5.02 Å². The lowest BCUT2D eigenvalue weighted by Crippen LogP contribution is -1.97. The Balaban J connectivity index is 2.21. The van der Waals surface area contributed by atoms with Gasteiger partial charge in [0.1, 0.15) is 0 Å². The van der Waals surface area contributed by atoms with Crippen LogP contribution in [-0.2, 0) is 0 Å². The van der Waals surface area contributed by atoms with E-state index in [2.05, 4.69) is 10.2 Å². The van der Waals surface area contributed by atoms with Crippen molar-refractivity contribution in [1.82, 2.24) is 14.8 Å². The van der Waals surface area contributed by atoms with Gasteiger partial charge in [0.05, 0.1) is 0 Å². The second-order valence-electron chi connectivity index (χ2n) is 4.49. The Morgan fingerprint density at radius 1 is 1.15 bits per heavy atom. The molecule has 0 atom stereocenters. The van der Waals surface area contributed by atoms with Crippen molar-refractivity contribution in [1.29, 1.82) is 0 Å². The number of H-pyrrole nitrogens is 1. The fraction of sp³-hybridized carbons (Fsp3) is 0.0667. The van der Waals surface area contributed by atoms with Crippen molar-refractivity contribution < 1.29 is 0 Å². The van der Waals surface area contributed by atoms with E-state index in [1.165, 1.54) is 0 Å². The number of nitrogens with one attached hydrogen (secondary N) is 1. The first-order chi connectivity index (χ1) is 9.66. The SMILES string of the molecule is Cc1ccc(-c2n[nH]c(=S)n2-c2ccccc2)cc1Cl. The lowest BCUT2D eigenvalue weighted by atomic mass is 10.1. The van der Waals surface area contributed by atoms with E-state index in [9.17, 15) is 0 Å². The van der Waals surface area contributed by atoms with Crippen molar-refractivity contribution >= 4 is 23.8 Å². The number of aromatic amines is 1. The largest absolute Gasteiger partial charge is 0.268 e. The van der Waals surface area contributed by atoms with Gasteiger partial charge in [-0.05, 0) is 42.9 Å². The third-order valence-electron chi connectivity index (χ3n) is 3.12. The number of nitrogens with zero attached hydrogens (tertiary/aromatic N) is 2. The Labute approximate surface area is 126 Å². The van der Waals surface area contributed by atoms with Gasteiger partial charge in [-0.15, -0.1) is 0 Å². The molecule has 1 heterocycles. The molecule has 3 rings (SSSR count). The zero-order valence-corrected chi connectivity index (χ0v) is 12.4. The highest BCUT2D eigenvalue weighted by atomic mass is 35.5. The van der Waals surface area contributed by atoms with Gasteiger partial charge in [-0.25, -0.2) is 0 Å².